The van der Waals surface area contributed by atoms with Crippen molar-refractivity contribution in [2.45, 2.75) is 13.0 Å². The van der Waals surface area contributed by atoms with E-state index >= 15 is 0 Å². The number of anilines is 1. The predicted octanol–water partition coefficient (Wildman–Crippen LogP) is 1.43. The Hall–Kier alpha value is -1.23. The van der Waals surface area contributed by atoms with Crippen LogP contribution >= 0.6 is 35.7 Å². The van der Waals surface area contributed by atoms with Crippen molar-refractivity contribution in [2.75, 3.05) is 49.2 Å². The van der Waals surface area contributed by atoms with Gasteiger partial charge in [0.25, 0.3) is 0 Å². The lowest BCUT2D eigenvalue weighted by Crippen LogP contribution is -2.52. The molecule has 2 fully saturated rings. The van der Waals surface area contributed by atoms with Crippen LogP contribution in [0.25, 0.3) is 0 Å². The fourth-order valence-electron chi connectivity index (χ4n) is 2.69. The number of pyridine rings is 1. The normalized spacial score (nSPS) is 18.4. The van der Waals surface area contributed by atoms with Gasteiger partial charge >= 0.3 is 5.97 Å². The van der Waals surface area contributed by atoms with Gasteiger partial charge in [-0.05, 0) is 19.1 Å². The molecule has 3 rings (SSSR count). The van der Waals surface area contributed by atoms with Crippen molar-refractivity contribution in [3.63, 3.8) is 0 Å². The standard InChI is InChI=1S/C16H23N5O2S.HI/c1-2-23-15(22)12-3-4-14(18-9-12)21-10-13(11-21)19-16(17)20-5-7-24-8-6-20;/h3-4,9,13H,2,5-8,10-11H2,1H3,(H2,17,19);1H. The second kappa shape index (κ2) is 9.46. The molecule has 2 saturated heterocycles. The number of thioether (sulfide) groups is 1. The number of hydrogen-bond donors (Lipinski definition) is 1. The molecular weight excluding hydrogens is 453 g/mol. The molecular formula is C16H24IN5O2S. The Bertz CT molecular complexity index is 601. The molecule has 0 unspecified atom stereocenters. The first-order valence-corrected chi connectivity index (χ1v) is 9.37. The van der Waals surface area contributed by atoms with Crippen LogP contribution < -0.4 is 10.6 Å². The molecule has 0 spiro atoms. The third-order valence-corrected chi connectivity index (χ3v) is 5.04. The van der Waals surface area contributed by atoms with E-state index in [2.05, 4.69) is 19.8 Å². The van der Waals surface area contributed by atoms with Crippen molar-refractivity contribution in [1.29, 1.82) is 0 Å². The van der Waals surface area contributed by atoms with E-state index < -0.39 is 0 Å². The number of guanidine groups is 1. The number of carbonyl (C=O) groups excluding carboxylic acids is 1. The number of carbonyl (C=O) groups is 1. The number of rotatable bonds is 4. The van der Waals surface area contributed by atoms with Crippen molar-refractivity contribution in [1.82, 2.24) is 9.88 Å². The summed E-state index contributed by atoms with van der Waals surface area (Å²) in [4.78, 5) is 24.9. The second-order valence-electron chi connectivity index (χ2n) is 5.77. The molecule has 0 saturated carbocycles. The Balaban J connectivity index is 0.00000225. The van der Waals surface area contributed by atoms with Gasteiger partial charge in [-0.25, -0.2) is 14.8 Å². The summed E-state index contributed by atoms with van der Waals surface area (Å²) in [6, 6.07) is 3.81. The zero-order valence-corrected chi connectivity index (χ0v) is 17.4. The SMILES string of the molecule is CCOC(=O)c1ccc(N2CC(N=C(N)N3CCSCC3)C2)nc1.I. The van der Waals surface area contributed by atoms with E-state index in [4.69, 9.17) is 10.5 Å². The van der Waals surface area contributed by atoms with Crippen LogP contribution in [0.15, 0.2) is 23.3 Å². The van der Waals surface area contributed by atoms with Gasteiger partial charge in [0.05, 0.1) is 18.2 Å². The van der Waals surface area contributed by atoms with Crippen LogP contribution in [-0.2, 0) is 4.74 Å². The molecule has 2 aliphatic heterocycles. The molecule has 1 aromatic rings. The average molecular weight is 477 g/mol. The van der Waals surface area contributed by atoms with Crippen LogP contribution in [0.2, 0.25) is 0 Å². The molecule has 25 heavy (non-hydrogen) atoms. The fraction of sp³-hybridized carbons (Fsp3) is 0.562. The highest BCUT2D eigenvalue weighted by atomic mass is 127. The summed E-state index contributed by atoms with van der Waals surface area (Å²) in [6.45, 7) is 5.71. The predicted molar refractivity (Wildman–Crippen MR) is 112 cm³/mol. The summed E-state index contributed by atoms with van der Waals surface area (Å²) < 4.78 is 4.96. The molecule has 0 aliphatic carbocycles. The molecule has 1 aromatic heterocycles. The highest BCUT2D eigenvalue weighted by molar-refractivity contribution is 14.0. The van der Waals surface area contributed by atoms with Gasteiger partial charge in [0, 0.05) is 43.9 Å². The van der Waals surface area contributed by atoms with Crippen LogP contribution in [0.5, 0.6) is 0 Å². The van der Waals surface area contributed by atoms with E-state index in [-0.39, 0.29) is 36.0 Å². The number of ether oxygens (including phenoxy) is 1. The molecule has 0 amide bonds. The smallest absolute Gasteiger partial charge is 0.339 e. The second-order valence-corrected chi connectivity index (χ2v) is 7.00. The molecule has 0 atom stereocenters. The average Bonchev–Trinajstić information content (AvgIpc) is 2.59. The summed E-state index contributed by atoms with van der Waals surface area (Å²) in [5.41, 5.74) is 6.58. The van der Waals surface area contributed by atoms with Gasteiger partial charge < -0.3 is 20.3 Å². The van der Waals surface area contributed by atoms with Gasteiger partial charge in [0.1, 0.15) is 5.82 Å². The van der Waals surface area contributed by atoms with Crippen molar-refractivity contribution < 1.29 is 9.53 Å². The Morgan fingerprint density at radius 3 is 2.72 bits per heavy atom. The van der Waals surface area contributed by atoms with E-state index in [0.29, 0.717) is 18.1 Å². The van der Waals surface area contributed by atoms with Crippen molar-refractivity contribution in [2.24, 2.45) is 10.7 Å². The summed E-state index contributed by atoms with van der Waals surface area (Å²) in [5.74, 6) is 3.40. The lowest BCUT2D eigenvalue weighted by atomic mass is 10.1. The maximum atomic E-state index is 11.6. The molecule has 0 bridgehead atoms. The lowest BCUT2D eigenvalue weighted by Gasteiger charge is -2.38. The third kappa shape index (κ3) is 5.13. The first-order valence-electron chi connectivity index (χ1n) is 8.21. The highest BCUT2D eigenvalue weighted by Crippen LogP contribution is 2.21. The molecule has 7 nitrogen and oxygen atoms in total. The fourth-order valence-corrected chi connectivity index (χ4v) is 3.60. The van der Waals surface area contributed by atoms with E-state index in [9.17, 15) is 4.79 Å². The Morgan fingerprint density at radius 1 is 1.40 bits per heavy atom. The Morgan fingerprint density at radius 2 is 2.12 bits per heavy atom. The molecule has 3 heterocycles. The van der Waals surface area contributed by atoms with E-state index in [0.717, 1.165) is 43.5 Å². The maximum absolute atomic E-state index is 11.6. The summed E-state index contributed by atoms with van der Waals surface area (Å²) in [7, 11) is 0. The van der Waals surface area contributed by atoms with Crippen LogP contribution in [0.3, 0.4) is 0 Å². The first kappa shape index (κ1) is 20.1. The third-order valence-electron chi connectivity index (χ3n) is 4.10. The van der Waals surface area contributed by atoms with E-state index in [1.165, 1.54) is 0 Å². The highest BCUT2D eigenvalue weighted by Gasteiger charge is 2.28. The van der Waals surface area contributed by atoms with Gasteiger partial charge in [-0.15, -0.1) is 24.0 Å². The zero-order chi connectivity index (χ0) is 16.9. The molecule has 0 aromatic carbocycles. The number of aliphatic imine (C=N–C) groups is 1. The van der Waals surface area contributed by atoms with E-state index in [1.54, 1.807) is 19.2 Å². The first-order chi connectivity index (χ1) is 11.7. The van der Waals surface area contributed by atoms with Gasteiger partial charge in [-0.2, -0.15) is 11.8 Å². The lowest BCUT2D eigenvalue weighted by molar-refractivity contribution is 0.0526. The number of halogens is 1. The maximum Gasteiger partial charge on any atom is 0.339 e. The van der Waals surface area contributed by atoms with Crippen molar-refractivity contribution >= 4 is 53.5 Å². The number of nitrogens with two attached hydrogens (primary N) is 1. The zero-order valence-electron chi connectivity index (χ0n) is 14.3. The quantitative estimate of drug-likeness (QED) is 0.304. The van der Waals surface area contributed by atoms with Gasteiger partial charge in [0.2, 0.25) is 0 Å². The number of nitrogens with zero attached hydrogens (tertiary/aromatic N) is 4. The molecule has 9 heteroatoms. The van der Waals surface area contributed by atoms with Crippen LogP contribution in [0, 0.1) is 0 Å². The number of hydrogen-bond acceptors (Lipinski definition) is 6. The van der Waals surface area contributed by atoms with Crippen LogP contribution in [-0.4, -0.2) is 72.1 Å². The number of esters is 1. The summed E-state index contributed by atoms with van der Waals surface area (Å²) in [6.07, 6.45) is 1.56. The molecule has 2 aliphatic rings. The Labute approximate surface area is 169 Å². The minimum Gasteiger partial charge on any atom is -0.462 e. The molecule has 2 N–H and O–H groups in total. The van der Waals surface area contributed by atoms with Crippen LogP contribution in [0.1, 0.15) is 17.3 Å². The summed E-state index contributed by atoms with van der Waals surface area (Å²) in [5, 5.41) is 0. The van der Waals surface area contributed by atoms with Gasteiger partial charge in [-0.1, -0.05) is 0 Å². The van der Waals surface area contributed by atoms with Crippen molar-refractivity contribution in [3.8, 4) is 0 Å². The van der Waals surface area contributed by atoms with Crippen LogP contribution in [0.4, 0.5) is 5.82 Å². The minimum atomic E-state index is -0.338. The van der Waals surface area contributed by atoms with E-state index in [1.807, 2.05) is 17.8 Å². The monoisotopic (exact) mass is 477 g/mol. The molecule has 138 valence electrons. The summed E-state index contributed by atoms with van der Waals surface area (Å²) >= 11 is 1.96. The minimum absolute atomic E-state index is 0. The molecule has 0 radical (unpaired) electrons. The topological polar surface area (TPSA) is 84.0 Å². The largest absolute Gasteiger partial charge is 0.462 e. The van der Waals surface area contributed by atoms with Crippen molar-refractivity contribution in [3.05, 3.63) is 23.9 Å². The van der Waals surface area contributed by atoms with Gasteiger partial charge in [-0.3, -0.25) is 0 Å². The van der Waals surface area contributed by atoms with Gasteiger partial charge in [0.15, 0.2) is 5.96 Å². The number of aromatic nitrogens is 1. The Kier molecular flexibility index (Phi) is 7.60.